The standard InChI is InChI=1S/C13H17N5O3/c1-9(2)14-21-8-10-11(6-5-7-12(10)20-4)18-13(19)17(3)15-16-18/h5-7H,8H2,1-4H3. The minimum absolute atomic E-state index is 0.160. The van der Waals surface area contributed by atoms with Crippen LogP contribution in [0.3, 0.4) is 0 Å². The van der Waals surface area contributed by atoms with Gasteiger partial charge in [-0.3, -0.25) is 0 Å². The maximum absolute atomic E-state index is 12.0. The van der Waals surface area contributed by atoms with E-state index < -0.39 is 0 Å². The molecular formula is C13H17N5O3. The van der Waals surface area contributed by atoms with Gasteiger partial charge in [0.25, 0.3) is 0 Å². The average Bonchev–Trinajstić information content (AvgIpc) is 2.79. The van der Waals surface area contributed by atoms with Gasteiger partial charge in [-0.2, -0.15) is 9.36 Å². The molecule has 8 heteroatoms. The smallest absolute Gasteiger partial charge is 0.368 e. The highest BCUT2D eigenvalue weighted by atomic mass is 16.6. The number of ether oxygens (including phenoxy) is 1. The first-order valence-electron chi connectivity index (χ1n) is 6.33. The Hall–Kier alpha value is -2.64. The predicted octanol–water partition coefficient (Wildman–Crippen LogP) is 0.887. The molecule has 1 aromatic carbocycles. The van der Waals surface area contributed by atoms with Crippen molar-refractivity contribution in [2.45, 2.75) is 20.5 Å². The number of hydrogen-bond donors (Lipinski definition) is 0. The SMILES string of the molecule is COc1cccc(-n2nnn(C)c2=O)c1CON=C(C)C. The van der Waals surface area contributed by atoms with Crippen LogP contribution in [0.4, 0.5) is 0 Å². The fourth-order valence-corrected chi connectivity index (χ4v) is 1.78. The van der Waals surface area contributed by atoms with E-state index in [1.807, 2.05) is 13.8 Å². The lowest BCUT2D eigenvalue weighted by Crippen LogP contribution is -2.23. The Morgan fingerprint density at radius 1 is 1.33 bits per heavy atom. The van der Waals surface area contributed by atoms with Gasteiger partial charge in [0.15, 0.2) is 0 Å². The summed E-state index contributed by atoms with van der Waals surface area (Å²) in [6.45, 7) is 3.82. The molecule has 0 radical (unpaired) electrons. The van der Waals surface area contributed by atoms with Crippen molar-refractivity contribution in [2.75, 3.05) is 7.11 Å². The van der Waals surface area contributed by atoms with E-state index in [1.165, 1.54) is 11.7 Å². The zero-order valence-corrected chi connectivity index (χ0v) is 12.4. The average molecular weight is 291 g/mol. The summed E-state index contributed by atoms with van der Waals surface area (Å²) in [6.07, 6.45) is 0. The number of benzene rings is 1. The fourth-order valence-electron chi connectivity index (χ4n) is 1.78. The third-order valence-corrected chi connectivity index (χ3v) is 2.73. The second-order valence-electron chi connectivity index (χ2n) is 4.57. The Labute approximate surface area is 121 Å². The van der Waals surface area contributed by atoms with Crippen LogP contribution in [-0.4, -0.2) is 32.6 Å². The van der Waals surface area contributed by atoms with Gasteiger partial charge in [0.2, 0.25) is 0 Å². The largest absolute Gasteiger partial charge is 0.496 e. The third kappa shape index (κ3) is 3.10. The Bertz CT molecular complexity index is 713. The minimum atomic E-state index is -0.348. The highest BCUT2D eigenvalue weighted by Crippen LogP contribution is 2.25. The monoisotopic (exact) mass is 291 g/mol. The number of hydrogen-bond acceptors (Lipinski definition) is 6. The van der Waals surface area contributed by atoms with Gasteiger partial charge in [-0.05, 0) is 36.4 Å². The summed E-state index contributed by atoms with van der Waals surface area (Å²) in [6, 6.07) is 5.30. The zero-order chi connectivity index (χ0) is 15.4. The Morgan fingerprint density at radius 3 is 2.67 bits per heavy atom. The summed E-state index contributed by atoms with van der Waals surface area (Å²) in [5.74, 6) is 0.592. The van der Waals surface area contributed by atoms with Gasteiger partial charge in [-0.25, -0.2) is 4.79 Å². The highest BCUT2D eigenvalue weighted by molar-refractivity contribution is 5.78. The summed E-state index contributed by atoms with van der Waals surface area (Å²) in [5.41, 5.74) is 1.67. The summed E-state index contributed by atoms with van der Waals surface area (Å²) >= 11 is 0. The molecule has 112 valence electrons. The van der Waals surface area contributed by atoms with Crippen LogP contribution in [0.5, 0.6) is 5.75 Å². The number of nitrogens with zero attached hydrogens (tertiary/aromatic N) is 5. The van der Waals surface area contributed by atoms with Crippen molar-refractivity contribution in [1.29, 1.82) is 0 Å². The first-order chi connectivity index (χ1) is 10.0. The van der Waals surface area contributed by atoms with Crippen LogP contribution in [0.1, 0.15) is 19.4 Å². The van der Waals surface area contributed by atoms with Crippen molar-refractivity contribution < 1.29 is 9.57 Å². The van der Waals surface area contributed by atoms with Crippen molar-refractivity contribution in [1.82, 2.24) is 19.8 Å². The van der Waals surface area contributed by atoms with Crippen molar-refractivity contribution in [2.24, 2.45) is 12.2 Å². The molecule has 0 saturated carbocycles. The Morgan fingerprint density at radius 2 is 2.10 bits per heavy atom. The first kappa shape index (κ1) is 14.8. The van der Waals surface area contributed by atoms with Crippen molar-refractivity contribution in [3.05, 3.63) is 34.2 Å². The van der Waals surface area contributed by atoms with E-state index in [-0.39, 0.29) is 12.3 Å². The number of methoxy groups -OCH3 is 1. The molecule has 21 heavy (non-hydrogen) atoms. The molecule has 1 aromatic heterocycles. The Kier molecular flexibility index (Phi) is 4.36. The van der Waals surface area contributed by atoms with Crippen LogP contribution in [0.25, 0.3) is 5.69 Å². The molecule has 2 rings (SSSR count). The summed E-state index contributed by atoms with van der Waals surface area (Å²) < 4.78 is 7.66. The molecule has 0 atom stereocenters. The molecule has 0 unspecified atom stereocenters. The molecule has 0 spiro atoms. The molecule has 0 aliphatic heterocycles. The quantitative estimate of drug-likeness (QED) is 0.603. The van der Waals surface area contributed by atoms with E-state index >= 15 is 0 Å². The number of rotatable bonds is 5. The third-order valence-electron chi connectivity index (χ3n) is 2.73. The van der Waals surface area contributed by atoms with Gasteiger partial charge >= 0.3 is 5.69 Å². The lowest BCUT2D eigenvalue weighted by atomic mass is 10.1. The van der Waals surface area contributed by atoms with Gasteiger partial charge in [-0.1, -0.05) is 11.2 Å². The van der Waals surface area contributed by atoms with Crippen LogP contribution in [0.2, 0.25) is 0 Å². The molecule has 8 nitrogen and oxygen atoms in total. The molecule has 2 aromatic rings. The van der Waals surface area contributed by atoms with Crippen LogP contribution >= 0.6 is 0 Å². The first-order valence-corrected chi connectivity index (χ1v) is 6.33. The second-order valence-corrected chi connectivity index (χ2v) is 4.57. The fraction of sp³-hybridized carbons (Fsp3) is 0.385. The number of tetrazole rings is 1. The van der Waals surface area contributed by atoms with E-state index in [1.54, 1.807) is 25.3 Å². The van der Waals surface area contributed by atoms with E-state index in [0.717, 1.165) is 10.4 Å². The van der Waals surface area contributed by atoms with Gasteiger partial charge in [0, 0.05) is 7.05 Å². The van der Waals surface area contributed by atoms with E-state index in [2.05, 4.69) is 15.6 Å². The van der Waals surface area contributed by atoms with E-state index in [4.69, 9.17) is 9.57 Å². The summed E-state index contributed by atoms with van der Waals surface area (Å²) in [7, 11) is 3.09. The normalized spacial score (nSPS) is 10.3. The molecular weight excluding hydrogens is 274 g/mol. The van der Waals surface area contributed by atoms with Crippen LogP contribution < -0.4 is 10.4 Å². The van der Waals surface area contributed by atoms with Crippen molar-refractivity contribution >= 4 is 5.71 Å². The van der Waals surface area contributed by atoms with Crippen LogP contribution in [0, 0.1) is 0 Å². The van der Waals surface area contributed by atoms with Gasteiger partial charge in [0.1, 0.15) is 12.4 Å². The number of aromatic nitrogens is 4. The molecule has 0 aliphatic carbocycles. The van der Waals surface area contributed by atoms with Gasteiger partial charge in [-0.15, -0.1) is 0 Å². The molecule has 0 amide bonds. The highest BCUT2D eigenvalue weighted by Gasteiger charge is 2.15. The maximum Gasteiger partial charge on any atom is 0.368 e. The topological polar surface area (TPSA) is 83.5 Å². The molecule has 1 heterocycles. The zero-order valence-electron chi connectivity index (χ0n) is 12.4. The van der Waals surface area contributed by atoms with E-state index in [0.29, 0.717) is 17.0 Å². The molecule has 0 saturated heterocycles. The maximum atomic E-state index is 12.0. The van der Waals surface area contributed by atoms with Crippen LogP contribution in [-0.2, 0) is 18.5 Å². The minimum Gasteiger partial charge on any atom is -0.496 e. The lowest BCUT2D eigenvalue weighted by Gasteiger charge is -2.11. The van der Waals surface area contributed by atoms with Gasteiger partial charge in [0.05, 0.1) is 24.1 Å². The molecule has 0 bridgehead atoms. The summed E-state index contributed by atoms with van der Waals surface area (Å²) in [5, 5.41) is 11.4. The second kappa shape index (κ2) is 6.21. The summed E-state index contributed by atoms with van der Waals surface area (Å²) in [4.78, 5) is 17.3. The van der Waals surface area contributed by atoms with E-state index in [9.17, 15) is 4.79 Å². The van der Waals surface area contributed by atoms with Gasteiger partial charge < -0.3 is 9.57 Å². The molecule has 0 aliphatic rings. The molecule has 0 fully saturated rings. The van der Waals surface area contributed by atoms with Crippen molar-refractivity contribution in [3.63, 3.8) is 0 Å². The lowest BCUT2D eigenvalue weighted by molar-refractivity contribution is 0.128. The number of oxime groups is 1. The van der Waals surface area contributed by atoms with Crippen molar-refractivity contribution in [3.8, 4) is 11.4 Å². The molecule has 0 N–H and O–H groups in total. The Balaban J connectivity index is 2.48. The number of aryl methyl sites for hydroxylation is 1. The van der Waals surface area contributed by atoms with Crippen LogP contribution in [0.15, 0.2) is 28.1 Å². The predicted molar refractivity (Wildman–Crippen MR) is 76.7 cm³/mol.